The van der Waals surface area contributed by atoms with Crippen LogP contribution in [0.5, 0.6) is 11.5 Å². The van der Waals surface area contributed by atoms with Crippen molar-refractivity contribution in [3.63, 3.8) is 0 Å². The van der Waals surface area contributed by atoms with E-state index in [1.807, 2.05) is 18.2 Å². The van der Waals surface area contributed by atoms with Crippen molar-refractivity contribution in [1.29, 1.82) is 0 Å². The lowest BCUT2D eigenvalue weighted by atomic mass is 9.97. The Kier molecular flexibility index (Phi) is 2.57. The van der Waals surface area contributed by atoms with Gasteiger partial charge in [0.15, 0.2) is 11.5 Å². The van der Waals surface area contributed by atoms with E-state index in [1.165, 1.54) is 0 Å². The molecule has 0 saturated heterocycles. The van der Waals surface area contributed by atoms with Gasteiger partial charge in [-0.2, -0.15) is 0 Å². The van der Waals surface area contributed by atoms with Crippen molar-refractivity contribution in [2.75, 3.05) is 13.2 Å². The molecule has 0 amide bonds. The molecule has 0 spiro atoms. The molecule has 0 saturated carbocycles. The predicted molar refractivity (Wildman–Crippen MR) is 57.1 cm³/mol. The van der Waals surface area contributed by atoms with Gasteiger partial charge in [-0.05, 0) is 17.7 Å². The average molecular weight is 208 g/mol. The Balaban J connectivity index is 2.27. The molecule has 0 aromatic heterocycles. The molecular weight excluding hydrogens is 192 g/mol. The number of benzene rings is 1. The second kappa shape index (κ2) is 3.74. The van der Waals surface area contributed by atoms with Gasteiger partial charge >= 0.3 is 0 Å². The van der Waals surface area contributed by atoms with Gasteiger partial charge in [0.25, 0.3) is 0 Å². The smallest absolute Gasteiger partial charge is 0.161 e. The summed E-state index contributed by atoms with van der Waals surface area (Å²) in [6.45, 7) is 5.52. The third-order valence-corrected chi connectivity index (χ3v) is 2.43. The molecule has 1 aliphatic heterocycles. The van der Waals surface area contributed by atoms with E-state index in [1.54, 1.807) is 0 Å². The summed E-state index contributed by atoms with van der Waals surface area (Å²) in [5.41, 5.74) is 0.871. The van der Waals surface area contributed by atoms with Crippen LogP contribution in [-0.2, 0) is 6.61 Å². The highest BCUT2D eigenvalue weighted by atomic mass is 16.5. The van der Waals surface area contributed by atoms with Gasteiger partial charge < -0.3 is 14.6 Å². The first kappa shape index (κ1) is 10.3. The molecule has 1 N–H and O–H groups in total. The summed E-state index contributed by atoms with van der Waals surface area (Å²) in [6.07, 6.45) is 0. The van der Waals surface area contributed by atoms with Crippen LogP contribution < -0.4 is 9.47 Å². The molecule has 1 heterocycles. The second-order valence-corrected chi connectivity index (χ2v) is 4.68. The van der Waals surface area contributed by atoms with Gasteiger partial charge in [-0.15, -0.1) is 0 Å². The van der Waals surface area contributed by atoms with E-state index >= 15 is 0 Å². The van der Waals surface area contributed by atoms with Gasteiger partial charge in [0.05, 0.1) is 19.8 Å². The molecule has 0 radical (unpaired) electrons. The van der Waals surface area contributed by atoms with Crippen LogP contribution in [-0.4, -0.2) is 18.3 Å². The van der Waals surface area contributed by atoms with Gasteiger partial charge in [0, 0.05) is 5.41 Å². The van der Waals surface area contributed by atoms with Crippen LogP contribution in [0, 0.1) is 5.41 Å². The Hall–Kier alpha value is -1.22. The van der Waals surface area contributed by atoms with Crippen molar-refractivity contribution >= 4 is 0 Å². The quantitative estimate of drug-likeness (QED) is 0.767. The first-order chi connectivity index (χ1) is 7.11. The minimum absolute atomic E-state index is 0.0262. The minimum Gasteiger partial charge on any atom is -0.489 e. The molecule has 0 bridgehead atoms. The van der Waals surface area contributed by atoms with Crippen LogP contribution in [0.15, 0.2) is 18.2 Å². The minimum atomic E-state index is 0.0262. The van der Waals surface area contributed by atoms with E-state index in [2.05, 4.69) is 13.8 Å². The van der Waals surface area contributed by atoms with Crippen LogP contribution in [0.3, 0.4) is 0 Å². The maximum Gasteiger partial charge on any atom is 0.161 e. The number of aliphatic hydroxyl groups is 1. The van der Waals surface area contributed by atoms with Crippen molar-refractivity contribution in [3.05, 3.63) is 23.8 Å². The molecule has 0 aliphatic carbocycles. The zero-order valence-corrected chi connectivity index (χ0v) is 9.12. The molecule has 2 rings (SSSR count). The number of hydrogen-bond donors (Lipinski definition) is 1. The number of hydrogen-bond acceptors (Lipinski definition) is 3. The van der Waals surface area contributed by atoms with Crippen LogP contribution in [0.2, 0.25) is 0 Å². The molecule has 82 valence electrons. The van der Waals surface area contributed by atoms with Crippen molar-refractivity contribution in [2.24, 2.45) is 5.41 Å². The van der Waals surface area contributed by atoms with Crippen molar-refractivity contribution in [1.82, 2.24) is 0 Å². The third kappa shape index (κ3) is 2.23. The molecule has 0 atom stereocenters. The highest BCUT2D eigenvalue weighted by Gasteiger charge is 2.25. The van der Waals surface area contributed by atoms with Gasteiger partial charge in [-0.3, -0.25) is 0 Å². The van der Waals surface area contributed by atoms with E-state index in [0.29, 0.717) is 13.2 Å². The third-order valence-electron chi connectivity index (χ3n) is 2.43. The van der Waals surface area contributed by atoms with Crippen LogP contribution >= 0.6 is 0 Å². The molecule has 1 aromatic rings. The lowest BCUT2D eigenvalue weighted by Gasteiger charge is -2.19. The van der Waals surface area contributed by atoms with Crippen LogP contribution in [0.4, 0.5) is 0 Å². The first-order valence-electron chi connectivity index (χ1n) is 5.10. The Morgan fingerprint density at radius 3 is 2.53 bits per heavy atom. The van der Waals surface area contributed by atoms with Gasteiger partial charge in [-0.25, -0.2) is 0 Å². The van der Waals surface area contributed by atoms with Gasteiger partial charge in [-0.1, -0.05) is 19.9 Å². The summed E-state index contributed by atoms with van der Waals surface area (Å²) < 4.78 is 11.3. The Labute approximate surface area is 89.6 Å². The van der Waals surface area contributed by atoms with Gasteiger partial charge in [0.1, 0.15) is 0 Å². The van der Waals surface area contributed by atoms with Crippen molar-refractivity contribution in [3.8, 4) is 11.5 Å². The largest absolute Gasteiger partial charge is 0.489 e. The summed E-state index contributed by atoms with van der Waals surface area (Å²) in [6, 6.07) is 5.53. The predicted octanol–water partition coefficient (Wildman–Crippen LogP) is 1.98. The van der Waals surface area contributed by atoms with Gasteiger partial charge in [0.2, 0.25) is 0 Å². The van der Waals surface area contributed by atoms with E-state index in [-0.39, 0.29) is 12.0 Å². The fourth-order valence-electron chi connectivity index (χ4n) is 1.47. The average Bonchev–Trinajstić information content (AvgIpc) is 2.38. The fraction of sp³-hybridized carbons (Fsp3) is 0.500. The normalized spacial score (nSPS) is 18.3. The number of fused-ring (bicyclic) bond motifs is 1. The standard InChI is InChI=1S/C12H16O3/c1-12(2)7-14-10-4-3-9(6-13)5-11(10)15-8-12/h3-5,13H,6-8H2,1-2H3. The number of ether oxygens (including phenoxy) is 2. The Morgan fingerprint density at radius 2 is 1.87 bits per heavy atom. The Bertz CT molecular complexity index is 358. The summed E-state index contributed by atoms with van der Waals surface area (Å²) in [4.78, 5) is 0. The highest BCUT2D eigenvalue weighted by Crippen LogP contribution is 2.34. The second-order valence-electron chi connectivity index (χ2n) is 4.68. The SMILES string of the molecule is CC1(C)COc2ccc(CO)cc2OC1. The molecule has 15 heavy (non-hydrogen) atoms. The molecule has 0 fully saturated rings. The lowest BCUT2D eigenvalue weighted by Crippen LogP contribution is -2.26. The maximum absolute atomic E-state index is 9.02. The van der Waals surface area contributed by atoms with Crippen molar-refractivity contribution in [2.45, 2.75) is 20.5 Å². The number of aliphatic hydroxyl groups excluding tert-OH is 1. The zero-order valence-electron chi connectivity index (χ0n) is 9.12. The first-order valence-corrected chi connectivity index (χ1v) is 5.10. The van der Waals surface area contributed by atoms with Crippen LogP contribution in [0.1, 0.15) is 19.4 Å². The monoisotopic (exact) mass is 208 g/mol. The molecule has 3 heteroatoms. The highest BCUT2D eigenvalue weighted by molar-refractivity contribution is 5.43. The van der Waals surface area contributed by atoms with E-state index < -0.39 is 0 Å². The van der Waals surface area contributed by atoms with E-state index in [9.17, 15) is 0 Å². The number of rotatable bonds is 1. The van der Waals surface area contributed by atoms with Crippen molar-refractivity contribution < 1.29 is 14.6 Å². The van der Waals surface area contributed by atoms with E-state index in [4.69, 9.17) is 14.6 Å². The maximum atomic E-state index is 9.02. The fourth-order valence-corrected chi connectivity index (χ4v) is 1.47. The topological polar surface area (TPSA) is 38.7 Å². The summed E-state index contributed by atoms with van der Waals surface area (Å²) in [5, 5.41) is 9.02. The summed E-state index contributed by atoms with van der Waals surface area (Å²) in [7, 11) is 0. The van der Waals surface area contributed by atoms with Crippen LogP contribution in [0.25, 0.3) is 0 Å². The summed E-state index contributed by atoms with van der Waals surface area (Å²) in [5.74, 6) is 1.49. The lowest BCUT2D eigenvalue weighted by molar-refractivity contribution is 0.140. The molecule has 0 unspecified atom stereocenters. The van der Waals surface area contributed by atoms with E-state index in [0.717, 1.165) is 17.1 Å². The molecule has 1 aliphatic rings. The molecular formula is C12H16O3. The zero-order chi connectivity index (χ0) is 10.9. The molecule has 1 aromatic carbocycles. The molecule has 3 nitrogen and oxygen atoms in total. The summed E-state index contributed by atoms with van der Waals surface area (Å²) >= 11 is 0. The Morgan fingerprint density at radius 1 is 1.20 bits per heavy atom.